The first-order valence-electron chi connectivity index (χ1n) is 18.8. The van der Waals surface area contributed by atoms with Crippen LogP contribution in [-0.4, -0.2) is 101 Å². The molecular weight excluding hydrogens is 743 g/mol. The van der Waals surface area contributed by atoms with Crippen LogP contribution in [0.2, 0.25) is 0 Å². The van der Waals surface area contributed by atoms with Crippen LogP contribution in [0.25, 0.3) is 11.0 Å². The molecule has 0 saturated carbocycles. The van der Waals surface area contributed by atoms with Gasteiger partial charge >= 0.3 is 11.9 Å². The number of nitrogens with zero attached hydrogens (tertiary/aromatic N) is 2. The Hall–Kier alpha value is -4.51. The predicted molar refractivity (Wildman–Crippen MR) is 202 cm³/mol. The highest BCUT2D eigenvalue weighted by Gasteiger charge is 2.64. The molecule has 8 aliphatic heterocycles. The van der Waals surface area contributed by atoms with Gasteiger partial charge in [0.25, 0.3) is 0 Å². The monoisotopic (exact) mass is 785 g/mol. The molecular formula is C41H43N3O11S. The minimum absolute atomic E-state index is 0.000248. The van der Waals surface area contributed by atoms with Gasteiger partial charge in [0.2, 0.25) is 6.79 Å². The molecule has 2 unspecified atom stereocenters. The predicted octanol–water partition coefficient (Wildman–Crippen LogP) is 3.81. The van der Waals surface area contributed by atoms with Crippen LogP contribution in [0.3, 0.4) is 0 Å². The number of benzene rings is 3. The van der Waals surface area contributed by atoms with Crippen molar-refractivity contribution < 1.29 is 53.0 Å². The van der Waals surface area contributed by atoms with E-state index in [-0.39, 0.29) is 44.5 Å². The minimum Gasteiger partial charge on any atom is -0.504 e. The molecule has 56 heavy (non-hydrogen) atoms. The lowest BCUT2D eigenvalue weighted by Crippen LogP contribution is -2.70. The molecule has 0 aliphatic carbocycles. The molecule has 2 fully saturated rings. The topological polar surface area (TPSA) is 173 Å². The average molecular weight is 786 g/mol. The van der Waals surface area contributed by atoms with E-state index in [1.54, 1.807) is 0 Å². The van der Waals surface area contributed by atoms with Crippen molar-refractivity contribution in [2.45, 2.75) is 74.3 Å². The molecule has 12 rings (SSSR count). The first kappa shape index (κ1) is 35.9. The lowest BCUT2D eigenvalue weighted by molar-refractivity contribution is -0.215. The van der Waals surface area contributed by atoms with Gasteiger partial charge in [0, 0.05) is 70.9 Å². The number of hydrogen-bond donors (Lipinski definition) is 4. The van der Waals surface area contributed by atoms with Crippen LogP contribution >= 0.6 is 11.8 Å². The number of hydrogen-bond acceptors (Lipinski definition) is 15. The van der Waals surface area contributed by atoms with E-state index < -0.39 is 52.6 Å². The fourth-order valence-electron chi connectivity index (χ4n) is 10.7. The lowest BCUT2D eigenvalue weighted by Gasteiger charge is -2.60. The maximum absolute atomic E-state index is 14.9. The average Bonchev–Trinajstić information content (AvgIpc) is 3.76. The zero-order valence-electron chi connectivity index (χ0n) is 31.6. The van der Waals surface area contributed by atoms with E-state index in [1.165, 1.54) is 25.8 Å². The Morgan fingerprint density at radius 3 is 2.66 bits per heavy atom. The Balaban J connectivity index is 1.26. The number of aliphatic hydroxyl groups is 2. The number of thioether (sulfide) groups is 1. The first-order valence-corrected chi connectivity index (χ1v) is 19.9. The van der Waals surface area contributed by atoms with Crippen molar-refractivity contribution in [3.8, 4) is 28.7 Å². The van der Waals surface area contributed by atoms with Crippen molar-refractivity contribution >= 4 is 34.7 Å². The number of phenols is 1. The number of fused-ring (bicyclic) bond motifs is 8. The standard InChI is InChI=1S/C41H43N3O11S/c1-18-10-21-12-40(49)15-43(4)30(27(21)32(47)33(18)50-5)31-37-29-28(36-35(52-17-53-36)19(2)34(29)54-20(3)46)25(44(31)40)14-51-39(48)41(16-56-37)38-24(11-22(13-45)42-41)23-8-6-7-9-26(23)55-38/h6-10,22,25,30-31,37,42,45,47,49H,11-17H2,1-5H3/t22-,25-,30+,31?,37+,40-,41+/m0/s1. The van der Waals surface area contributed by atoms with Crippen LogP contribution < -0.4 is 24.3 Å². The lowest BCUT2D eigenvalue weighted by atomic mass is 9.78. The summed E-state index contributed by atoms with van der Waals surface area (Å²) >= 11 is 1.44. The molecule has 8 atom stereocenters. The number of para-hydroxylation sites is 1. The van der Waals surface area contributed by atoms with E-state index in [1.807, 2.05) is 56.1 Å². The van der Waals surface area contributed by atoms with Gasteiger partial charge < -0.3 is 43.4 Å². The molecule has 1 spiro atoms. The van der Waals surface area contributed by atoms with Crippen LogP contribution in [0.15, 0.2) is 34.7 Å². The van der Waals surface area contributed by atoms with Crippen molar-refractivity contribution in [1.29, 1.82) is 0 Å². The maximum atomic E-state index is 14.9. The molecule has 14 nitrogen and oxygen atoms in total. The third kappa shape index (κ3) is 4.75. The van der Waals surface area contributed by atoms with Gasteiger partial charge in [-0.05, 0) is 44.5 Å². The SMILES string of the molecule is COc1c(C)cc2c(c1O)[C@@H]1C3[C@@H]4SC[C@]5(N[C@H](CO)Cc6c5oc5ccccc65)C(=O)OC[C@@H](c5c6c(c(C)c(OC(C)=O)c54)OCO6)N3[C@](O)(C2)CN1C. The summed E-state index contributed by atoms with van der Waals surface area (Å²) in [4.78, 5) is 32.0. The number of carbonyl (C=O) groups excluding carboxylic acids is 2. The summed E-state index contributed by atoms with van der Waals surface area (Å²) < 4.78 is 37.2. The van der Waals surface area contributed by atoms with E-state index >= 15 is 0 Å². The first-order chi connectivity index (χ1) is 26.9. The number of phenolic OH excluding ortho intramolecular Hbond substituents is 1. The molecule has 8 aliphatic rings. The Kier molecular flexibility index (Phi) is 8.00. The van der Waals surface area contributed by atoms with Gasteiger partial charge in [0.15, 0.2) is 28.5 Å². The molecule has 15 heteroatoms. The molecule has 9 heterocycles. The van der Waals surface area contributed by atoms with Crippen molar-refractivity contribution in [3.63, 3.8) is 0 Å². The zero-order chi connectivity index (χ0) is 39.0. The normalized spacial score (nSPS) is 31.3. The quantitative estimate of drug-likeness (QED) is 0.174. The second-order valence-electron chi connectivity index (χ2n) is 15.9. The van der Waals surface area contributed by atoms with Gasteiger partial charge in [0.05, 0.1) is 31.1 Å². The highest BCUT2D eigenvalue weighted by molar-refractivity contribution is 7.99. The number of rotatable bonds is 3. The minimum atomic E-state index is -1.53. The largest absolute Gasteiger partial charge is 0.504 e. The van der Waals surface area contributed by atoms with Gasteiger partial charge in [-0.2, -0.15) is 0 Å². The van der Waals surface area contributed by atoms with Crippen molar-refractivity contribution in [2.75, 3.05) is 46.5 Å². The van der Waals surface area contributed by atoms with Gasteiger partial charge in [-0.15, -0.1) is 11.8 Å². The molecule has 1 aromatic heterocycles. The second-order valence-corrected chi connectivity index (χ2v) is 17.0. The van der Waals surface area contributed by atoms with E-state index in [0.717, 1.165) is 22.1 Å². The maximum Gasteiger partial charge on any atom is 0.335 e. The van der Waals surface area contributed by atoms with Gasteiger partial charge in [-0.3, -0.25) is 19.9 Å². The Morgan fingerprint density at radius 2 is 1.89 bits per heavy atom. The van der Waals surface area contributed by atoms with E-state index in [2.05, 4.69) is 10.2 Å². The van der Waals surface area contributed by atoms with Crippen LogP contribution in [0.1, 0.15) is 69.0 Å². The molecule has 2 saturated heterocycles. The van der Waals surface area contributed by atoms with Gasteiger partial charge in [0.1, 0.15) is 29.4 Å². The summed E-state index contributed by atoms with van der Waals surface area (Å²) in [5, 5.41) is 39.6. The number of ether oxygens (including phenoxy) is 5. The number of aryl methyl sites for hydroxylation is 1. The van der Waals surface area contributed by atoms with Crippen LogP contribution in [0.4, 0.5) is 0 Å². The molecule has 4 bridgehead atoms. The third-order valence-electron chi connectivity index (χ3n) is 12.6. The number of aromatic hydroxyl groups is 1. The number of piperazine rings is 1. The summed E-state index contributed by atoms with van der Waals surface area (Å²) in [6.45, 7) is 4.70. The number of likely N-dealkylation sites (N-methyl/N-ethyl adjacent to an activating group) is 1. The summed E-state index contributed by atoms with van der Waals surface area (Å²) in [7, 11) is 3.46. The summed E-state index contributed by atoms with van der Waals surface area (Å²) in [6, 6.07) is 7.13. The summed E-state index contributed by atoms with van der Waals surface area (Å²) in [5.74, 6) is 0.911. The molecule has 0 amide bonds. The Morgan fingerprint density at radius 1 is 1.11 bits per heavy atom. The number of furan rings is 1. The molecule has 3 aromatic carbocycles. The number of esters is 2. The molecule has 4 N–H and O–H groups in total. The van der Waals surface area contributed by atoms with Gasteiger partial charge in [-0.25, -0.2) is 4.79 Å². The highest BCUT2D eigenvalue weighted by atomic mass is 32.2. The van der Waals surface area contributed by atoms with Crippen molar-refractivity contribution in [2.24, 2.45) is 0 Å². The number of carbonyl (C=O) groups is 2. The van der Waals surface area contributed by atoms with Crippen molar-refractivity contribution in [3.05, 3.63) is 75.0 Å². The van der Waals surface area contributed by atoms with Crippen LogP contribution in [0.5, 0.6) is 28.7 Å². The van der Waals surface area contributed by atoms with Crippen molar-refractivity contribution in [1.82, 2.24) is 15.1 Å². The van der Waals surface area contributed by atoms with E-state index in [0.29, 0.717) is 63.0 Å². The summed E-state index contributed by atoms with van der Waals surface area (Å²) in [6.07, 6.45) is 0.591. The zero-order valence-corrected chi connectivity index (χ0v) is 32.5. The van der Waals surface area contributed by atoms with Crippen LogP contribution in [-0.2, 0) is 32.7 Å². The molecule has 294 valence electrons. The fourth-order valence-corrected chi connectivity index (χ4v) is 12.3. The van der Waals surface area contributed by atoms with Gasteiger partial charge in [-0.1, -0.05) is 24.3 Å². The Bertz CT molecular complexity index is 2360. The second kappa shape index (κ2) is 12.5. The summed E-state index contributed by atoms with van der Waals surface area (Å²) in [5.41, 5.74) is 2.36. The third-order valence-corrected chi connectivity index (χ3v) is 14.1. The Labute approximate surface area is 326 Å². The smallest absolute Gasteiger partial charge is 0.335 e. The van der Waals surface area contributed by atoms with E-state index in [4.69, 9.17) is 28.1 Å². The number of aliphatic hydroxyl groups excluding tert-OH is 1. The highest BCUT2D eigenvalue weighted by Crippen LogP contribution is 2.65. The number of nitrogens with one attached hydrogen (secondary N) is 1. The molecule has 4 aromatic rings. The van der Waals surface area contributed by atoms with E-state index in [9.17, 15) is 24.9 Å². The molecule has 0 radical (unpaired) electrons. The number of methoxy groups -OCH3 is 1. The van der Waals surface area contributed by atoms with Crippen LogP contribution in [0, 0.1) is 13.8 Å². The fraction of sp³-hybridized carbons (Fsp3) is 0.463.